The number of primary sulfonamides is 1. The molecule has 134 valence electrons. The summed E-state index contributed by atoms with van der Waals surface area (Å²) >= 11 is 0. The van der Waals surface area contributed by atoms with Crippen LogP contribution >= 0.6 is 0 Å². The molecule has 25 heavy (non-hydrogen) atoms. The Balaban J connectivity index is 2.29. The molecule has 3 N–H and O–H groups in total. The molecule has 1 amide bonds. The number of amides is 1. The average molecular weight is 383 g/mol. The number of carbonyl (C=O) groups excluding carboxylic acids is 1. The molecule has 0 bridgehead atoms. The Morgan fingerprint density at radius 3 is 2.04 bits per heavy atom. The van der Waals surface area contributed by atoms with Gasteiger partial charge in [0.05, 0.1) is 9.79 Å². The Morgan fingerprint density at radius 1 is 0.960 bits per heavy atom. The van der Waals surface area contributed by atoms with Gasteiger partial charge in [-0.25, -0.2) is 22.0 Å². The molecule has 0 atom stereocenters. The van der Waals surface area contributed by atoms with Gasteiger partial charge in [0.25, 0.3) is 15.9 Å². The number of nitrogens with two attached hydrogens (primary N) is 1. The van der Waals surface area contributed by atoms with E-state index in [0.29, 0.717) is 5.56 Å². The predicted molar refractivity (Wildman–Crippen MR) is 93.1 cm³/mol. The molecule has 0 saturated heterocycles. The van der Waals surface area contributed by atoms with Crippen molar-refractivity contribution < 1.29 is 21.6 Å². The molecular weight excluding hydrogens is 366 g/mol. The number of sulfonamides is 2. The monoisotopic (exact) mass is 383 g/mol. The van der Waals surface area contributed by atoms with Crippen molar-refractivity contribution >= 4 is 31.6 Å². The van der Waals surface area contributed by atoms with Crippen LogP contribution in [0.2, 0.25) is 0 Å². The highest BCUT2D eigenvalue weighted by Crippen LogP contribution is 2.19. The standard InChI is InChI=1S/C15H17N3O5S2/c1-18(2)15(19)11-6-8-12(9-7-11)17-25(22,23)14-5-3-4-13(10-14)24(16,20)21/h3-10,17H,1-2H3,(H2,16,20,21). The lowest BCUT2D eigenvalue weighted by atomic mass is 10.2. The Kier molecular flexibility index (Phi) is 5.16. The zero-order valence-electron chi connectivity index (χ0n) is 13.5. The van der Waals surface area contributed by atoms with Crippen LogP contribution in [0.4, 0.5) is 5.69 Å². The number of hydrogen-bond donors (Lipinski definition) is 2. The maximum atomic E-state index is 12.4. The zero-order valence-corrected chi connectivity index (χ0v) is 15.1. The highest BCUT2D eigenvalue weighted by atomic mass is 32.2. The van der Waals surface area contributed by atoms with Gasteiger partial charge in [0.1, 0.15) is 0 Å². The van der Waals surface area contributed by atoms with E-state index in [9.17, 15) is 21.6 Å². The molecule has 0 unspecified atom stereocenters. The van der Waals surface area contributed by atoms with E-state index in [2.05, 4.69) is 4.72 Å². The topological polar surface area (TPSA) is 127 Å². The van der Waals surface area contributed by atoms with Crippen molar-refractivity contribution in [2.75, 3.05) is 18.8 Å². The second kappa shape index (κ2) is 6.82. The van der Waals surface area contributed by atoms with Gasteiger partial charge in [-0.05, 0) is 42.5 Å². The van der Waals surface area contributed by atoms with E-state index in [-0.39, 0.29) is 21.4 Å². The summed E-state index contributed by atoms with van der Waals surface area (Å²) in [5.74, 6) is -0.213. The summed E-state index contributed by atoms with van der Waals surface area (Å²) in [7, 11) is -4.81. The lowest BCUT2D eigenvalue weighted by molar-refractivity contribution is 0.0827. The third-order valence-corrected chi connectivity index (χ3v) is 5.52. The van der Waals surface area contributed by atoms with Crippen LogP contribution < -0.4 is 9.86 Å². The van der Waals surface area contributed by atoms with Gasteiger partial charge >= 0.3 is 0 Å². The van der Waals surface area contributed by atoms with Crippen LogP contribution in [0.3, 0.4) is 0 Å². The molecule has 0 saturated carbocycles. The minimum Gasteiger partial charge on any atom is -0.345 e. The van der Waals surface area contributed by atoms with Crippen molar-refractivity contribution in [1.29, 1.82) is 0 Å². The highest BCUT2D eigenvalue weighted by molar-refractivity contribution is 7.93. The first-order valence-corrected chi connectivity index (χ1v) is 10.0. The van der Waals surface area contributed by atoms with Crippen molar-refractivity contribution in [3.8, 4) is 0 Å². The summed E-state index contributed by atoms with van der Waals surface area (Å²) in [5, 5.41) is 5.01. The third kappa shape index (κ3) is 4.56. The normalized spacial score (nSPS) is 11.8. The van der Waals surface area contributed by atoms with Crippen LogP contribution in [0.25, 0.3) is 0 Å². The Bertz CT molecular complexity index is 998. The van der Waals surface area contributed by atoms with Crippen molar-refractivity contribution in [2.24, 2.45) is 5.14 Å². The number of anilines is 1. The smallest absolute Gasteiger partial charge is 0.261 e. The van der Waals surface area contributed by atoms with E-state index in [1.807, 2.05) is 0 Å². The van der Waals surface area contributed by atoms with Gasteiger partial charge in [0.15, 0.2) is 0 Å². The number of nitrogens with one attached hydrogen (secondary N) is 1. The maximum absolute atomic E-state index is 12.4. The first-order chi connectivity index (χ1) is 11.5. The van der Waals surface area contributed by atoms with Gasteiger partial charge in [-0.2, -0.15) is 0 Å². The fourth-order valence-electron chi connectivity index (χ4n) is 1.97. The second-order valence-electron chi connectivity index (χ2n) is 5.40. The summed E-state index contributed by atoms with van der Waals surface area (Å²) in [6.07, 6.45) is 0. The summed E-state index contributed by atoms with van der Waals surface area (Å²) < 4.78 is 49.8. The van der Waals surface area contributed by atoms with Gasteiger partial charge in [-0.15, -0.1) is 0 Å². The maximum Gasteiger partial charge on any atom is 0.261 e. The number of hydrogen-bond acceptors (Lipinski definition) is 5. The van der Waals surface area contributed by atoms with Gasteiger partial charge in [-0.1, -0.05) is 6.07 Å². The summed E-state index contributed by atoms with van der Waals surface area (Å²) in [6.45, 7) is 0. The zero-order chi connectivity index (χ0) is 18.8. The average Bonchev–Trinajstić information content (AvgIpc) is 2.54. The van der Waals surface area contributed by atoms with Crippen molar-refractivity contribution in [1.82, 2.24) is 4.90 Å². The molecule has 8 nitrogen and oxygen atoms in total. The molecule has 2 aromatic carbocycles. The Labute approximate surface area is 146 Å². The van der Waals surface area contributed by atoms with Crippen molar-refractivity contribution in [2.45, 2.75) is 9.79 Å². The molecule has 2 aromatic rings. The molecule has 10 heteroatoms. The highest BCUT2D eigenvalue weighted by Gasteiger charge is 2.18. The van der Waals surface area contributed by atoms with Crippen LogP contribution in [-0.4, -0.2) is 41.7 Å². The van der Waals surface area contributed by atoms with Crippen molar-refractivity contribution in [3.63, 3.8) is 0 Å². The Hall–Kier alpha value is -2.43. The van der Waals surface area contributed by atoms with Crippen LogP contribution in [-0.2, 0) is 20.0 Å². The van der Waals surface area contributed by atoms with E-state index < -0.39 is 20.0 Å². The SMILES string of the molecule is CN(C)C(=O)c1ccc(NS(=O)(=O)c2cccc(S(N)(=O)=O)c2)cc1. The molecule has 0 aliphatic carbocycles. The van der Waals surface area contributed by atoms with E-state index in [1.54, 1.807) is 14.1 Å². The molecule has 0 radical (unpaired) electrons. The predicted octanol–water partition coefficient (Wildman–Crippen LogP) is 0.837. The minimum absolute atomic E-state index is 0.213. The molecule has 0 aromatic heterocycles. The molecular formula is C15H17N3O5S2. The van der Waals surface area contributed by atoms with Gasteiger partial charge in [0, 0.05) is 25.3 Å². The number of rotatable bonds is 5. The van der Waals surface area contributed by atoms with Crippen LogP contribution in [0.1, 0.15) is 10.4 Å². The molecule has 0 aliphatic rings. The Morgan fingerprint density at radius 2 is 1.52 bits per heavy atom. The van der Waals surface area contributed by atoms with Crippen LogP contribution in [0.5, 0.6) is 0 Å². The molecule has 0 aliphatic heterocycles. The summed E-state index contributed by atoms with van der Waals surface area (Å²) in [4.78, 5) is 12.7. The fourth-order valence-corrected chi connectivity index (χ4v) is 3.71. The first kappa shape index (κ1) is 18.9. The van der Waals surface area contributed by atoms with E-state index in [0.717, 1.165) is 6.07 Å². The summed E-state index contributed by atoms with van der Waals surface area (Å²) in [5.41, 5.74) is 0.639. The van der Waals surface area contributed by atoms with Gasteiger partial charge in [-0.3, -0.25) is 9.52 Å². The van der Waals surface area contributed by atoms with Crippen molar-refractivity contribution in [3.05, 3.63) is 54.1 Å². The first-order valence-electron chi connectivity index (χ1n) is 6.98. The molecule has 2 rings (SSSR count). The van der Waals surface area contributed by atoms with Crippen LogP contribution in [0, 0.1) is 0 Å². The fraction of sp³-hybridized carbons (Fsp3) is 0.133. The molecule has 0 fully saturated rings. The third-order valence-electron chi connectivity index (χ3n) is 3.23. The molecule has 0 spiro atoms. The number of nitrogens with zero attached hydrogens (tertiary/aromatic N) is 1. The van der Waals surface area contributed by atoms with Crippen LogP contribution in [0.15, 0.2) is 58.3 Å². The minimum atomic E-state index is -4.02. The largest absolute Gasteiger partial charge is 0.345 e. The second-order valence-corrected chi connectivity index (χ2v) is 8.65. The van der Waals surface area contributed by atoms with E-state index >= 15 is 0 Å². The van der Waals surface area contributed by atoms with E-state index in [4.69, 9.17) is 5.14 Å². The lowest BCUT2D eigenvalue weighted by Crippen LogP contribution is -2.21. The molecule has 0 heterocycles. The lowest BCUT2D eigenvalue weighted by Gasteiger charge is -2.12. The van der Waals surface area contributed by atoms with Gasteiger partial charge < -0.3 is 4.90 Å². The van der Waals surface area contributed by atoms with Gasteiger partial charge in [0.2, 0.25) is 10.0 Å². The quantitative estimate of drug-likeness (QED) is 0.791. The number of benzene rings is 2. The van der Waals surface area contributed by atoms with E-state index in [1.165, 1.54) is 47.4 Å². The summed E-state index contributed by atoms with van der Waals surface area (Å²) in [6, 6.07) is 10.6. The number of carbonyl (C=O) groups is 1.